The molecule has 40 heavy (non-hydrogen) atoms. The molecule has 0 aliphatic carbocycles. The molecule has 11 heteroatoms. The zero-order valence-electron chi connectivity index (χ0n) is 22.6. The van der Waals surface area contributed by atoms with Crippen LogP contribution < -0.4 is 15.2 Å². The summed E-state index contributed by atoms with van der Waals surface area (Å²) < 4.78 is 13.5. The van der Waals surface area contributed by atoms with Gasteiger partial charge in [0.05, 0.1) is 24.1 Å². The Bertz CT molecular complexity index is 1660. The summed E-state index contributed by atoms with van der Waals surface area (Å²) in [5.74, 6) is 0.185. The molecule has 0 bridgehead atoms. The number of nitrogens with two attached hydrogens (primary N) is 1. The van der Waals surface area contributed by atoms with Gasteiger partial charge in [-0.2, -0.15) is 5.10 Å². The molecular weight excluding hydrogens is 553 g/mol. The molecule has 5 rings (SSSR count). The number of fused-ring (bicyclic) bond motifs is 3. The number of aromatic nitrogens is 3. The van der Waals surface area contributed by atoms with Crippen LogP contribution in [0.15, 0.2) is 48.8 Å². The molecule has 0 radical (unpaired) electrons. The number of carbonyl (C=O) groups is 2. The number of carbonyl (C=O) groups excluding carboxylic acids is 2. The lowest BCUT2D eigenvalue weighted by atomic mass is 9.95. The molecule has 2 aromatic heterocycles. The number of primary amides is 1. The topological polar surface area (TPSA) is 113 Å². The molecule has 0 unspecified atom stereocenters. The predicted octanol–water partition coefficient (Wildman–Crippen LogP) is 5.78. The second-order valence-corrected chi connectivity index (χ2v) is 11.3. The van der Waals surface area contributed by atoms with Gasteiger partial charge in [0.1, 0.15) is 18.1 Å². The maximum Gasteiger partial charge on any atom is 0.274 e. The van der Waals surface area contributed by atoms with Crippen LogP contribution in [-0.4, -0.2) is 51.2 Å². The Kier molecular flexibility index (Phi) is 6.97. The van der Waals surface area contributed by atoms with Crippen LogP contribution in [0.2, 0.25) is 10.0 Å². The van der Waals surface area contributed by atoms with Crippen LogP contribution >= 0.6 is 23.2 Å². The van der Waals surface area contributed by atoms with Gasteiger partial charge < -0.3 is 20.1 Å². The van der Waals surface area contributed by atoms with Gasteiger partial charge in [0.25, 0.3) is 5.91 Å². The van der Waals surface area contributed by atoms with Gasteiger partial charge in [-0.1, -0.05) is 23.2 Å². The summed E-state index contributed by atoms with van der Waals surface area (Å²) in [6.45, 7) is 5.95. The molecule has 2 aromatic carbocycles. The first-order valence-electron chi connectivity index (χ1n) is 12.4. The normalized spacial score (nSPS) is 12.3. The highest BCUT2D eigenvalue weighted by Crippen LogP contribution is 2.46. The lowest BCUT2D eigenvalue weighted by molar-refractivity contribution is 0.0646. The Balaban J connectivity index is 1.79. The Labute approximate surface area is 241 Å². The molecule has 206 valence electrons. The quantitative estimate of drug-likeness (QED) is 0.320. The molecule has 3 heterocycles. The van der Waals surface area contributed by atoms with Gasteiger partial charge >= 0.3 is 0 Å². The van der Waals surface area contributed by atoms with E-state index in [0.29, 0.717) is 55.2 Å². The second kappa shape index (κ2) is 10.1. The van der Waals surface area contributed by atoms with Crippen molar-refractivity contribution in [2.45, 2.75) is 32.9 Å². The van der Waals surface area contributed by atoms with Crippen LogP contribution in [-0.2, 0) is 6.61 Å². The van der Waals surface area contributed by atoms with E-state index in [4.69, 9.17) is 43.5 Å². The van der Waals surface area contributed by atoms with Crippen molar-refractivity contribution in [3.63, 3.8) is 0 Å². The van der Waals surface area contributed by atoms with Gasteiger partial charge in [-0.05, 0) is 51.1 Å². The van der Waals surface area contributed by atoms with Gasteiger partial charge in [-0.15, -0.1) is 0 Å². The number of nitrogens with zero attached hydrogens (tertiary/aromatic N) is 4. The molecule has 2 amide bonds. The van der Waals surface area contributed by atoms with Crippen LogP contribution in [0, 0.1) is 0 Å². The molecule has 1 aliphatic heterocycles. The second-order valence-electron chi connectivity index (χ2n) is 10.4. The molecule has 1 aliphatic rings. The Hall–Kier alpha value is -4.08. The summed E-state index contributed by atoms with van der Waals surface area (Å²) >= 11 is 12.7. The van der Waals surface area contributed by atoms with Crippen LogP contribution in [0.4, 0.5) is 0 Å². The zero-order valence-corrected chi connectivity index (χ0v) is 24.1. The molecule has 4 aromatic rings. The van der Waals surface area contributed by atoms with Gasteiger partial charge in [0.2, 0.25) is 5.91 Å². The third-order valence-electron chi connectivity index (χ3n) is 6.85. The Morgan fingerprint density at radius 3 is 2.38 bits per heavy atom. The summed E-state index contributed by atoms with van der Waals surface area (Å²) in [6.07, 6.45) is 3.02. The summed E-state index contributed by atoms with van der Waals surface area (Å²) in [6, 6.07) is 10.3. The molecule has 9 nitrogen and oxygen atoms in total. The summed E-state index contributed by atoms with van der Waals surface area (Å²) in [5, 5.41) is 5.62. The van der Waals surface area contributed by atoms with Crippen LogP contribution in [0.5, 0.6) is 11.5 Å². The third-order valence-corrected chi connectivity index (χ3v) is 7.29. The van der Waals surface area contributed by atoms with E-state index >= 15 is 0 Å². The van der Waals surface area contributed by atoms with Crippen LogP contribution in [0.1, 0.15) is 47.2 Å². The Morgan fingerprint density at radius 2 is 1.75 bits per heavy atom. The first-order chi connectivity index (χ1) is 18.9. The smallest absolute Gasteiger partial charge is 0.274 e. The van der Waals surface area contributed by atoms with Crippen molar-refractivity contribution >= 4 is 35.0 Å². The molecule has 0 atom stereocenters. The summed E-state index contributed by atoms with van der Waals surface area (Å²) in [7, 11) is 3.28. The monoisotopic (exact) mass is 579 g/mol. The van der Waals surface area contributed by atoms with Crippen molar-refractivity contribution in [1.82, 2.24) is 19.7 Å². The molecule has 0 saturated carbocycles. The first-order valence-corrected chi connectivity index (χ1v) is 13.1. The highest BCUT2D eigenvalue weighted by atomic mass is 35.5. The fraction of sp³-hybridized carbons (Fsp3) is 0.241. The molecule has 2 N–H and O–H groups in total. The average Bonchev–Trinajstić information content (AvgIpc) is 3.30. The van der Waals surface area contributed by atoms with Crippen LogP contribution in [0.3, 0.4) is 0 Å². The molecule has 0 saturated heterocycles. The highest BCUT2D eigenvalue weighted by molar-refractivity contribution is 6.34. The fourth-order valence-electron chi connectivity index (χ4n) is 4.48. The Morgan fingerprint density at radius 1 is 1.05 bits per heavy atom. The van der Waals surface area contributed by atoms with Crippen molar-refractivity contribution in [3.8, 4) is 39.6 Å². The lowest BCUT2D eigenvalue weighted by Gasteiger charge is -2.31. The van der Waals surface area contributed by atoms with Crippen LogP contribution in [0.25, 0.3) is 28.1 Å². The SMILES string of the molecule is COc1cc2c(cc1-c1cncc(C(N)=O)c1)-c1c(c(C(=O)N(C)C(C)(C)C)nn1-c1cc(Cl)cc(Cl)c1)CO2. The van der Waals surface area contributed by atoms with Crippen molar-refractivity contribution in [3.05, 3.63) is 75.7 Å². The van der Waals surface area contributed by atoms with E-state index in [9.17, 15) is 9.59 Å². The number of amides is 2. The summed E-state index contributed by atoms with van der Waals surface area (Å²) in [4.78, 5) is 31.4. The largest absolute Gasteiger partial charge is 0.496 e. The van der Waals surface area contributed by atoms with Crippen molar-refractivity contribution in [2.75, 3.05) is 14.2 Å². The minimum absolute atomic E-state index is 0.108. The molecule has 0 spiro atoms. The van der Waals surface area contributed by atoms with E-state index in [1.807, 2.05) is 26.8 Å². The summed E-state index contributed by atoms with van der Waals surface area (Å²) in [5.41, 5.74) is 9.32. The highest BCUT2D eigenvalue weighted by Gasteiger charge is 2.34. The van der Waals surface area contributed by atoms with Crippen molar-refractivity contribution in [1.29, 1.82) is 0 Å². The number of hydrogen-bond acceptors (Lipinski definition) is 6. The van der Waals surface area contributed by atoms with E-state index in [2.05, 4.69) is 4.98 Å². The van der Waals surface area contributed by atoms with E-state index in [-0.39, 0.29) is 23.8 Å². The number of benzene rings is 2. The number of hydrogen-bond donors (Lipinski definition) is 1. The van der Waals surface area contributed by atoms with Crippen molar-refractivity contribution < 1.29 is 19.1 Å². The number of methoxy groups -OCH3 is 1. The van der Waals surface area contributed by atoms with Gasteiger partial charge in [-0.3, -0.25) is 14.6 Å². The number of halogens is 2. The van der Waals surface area contributed by atoms with E-state index in [0.717, 1.165) is 0 Å². The average molecular weight is 580 g/mol. The van der Waals surface area contributed by atoms with Gasteiger partial charge in [-0.25, -0.2) is 4.68 Å². The standard InChI is InChI=1S/C29H27Cl2N5O4/c1-29(2,3)35(4)28(38)25-22-14-40-24-11-23(39-5)20(15-6-16(27(32)37)13-33-12-15)10-21(24)26(22)36(34-25)19-8-17(30)7-18(31)9-19/h6-13H,14H2,1-5H3,(H2,32,37). The van der Waals surface area contributed by atoms with E-state index < -0.39 is 11.4 Å². The lowest BCUT2D eigenvalue weighted by Crippen LogP contribution is -2.43. The number of rotatable bonds is 5. The molecule has 0 fully saturated rings. The van der Waals surface area contributed by atoms with Crippen molar-refractivity contribution in [2.24, 2.45) is 5.73 Å². The van der Waals surface area contributed by atoms with E-state index in [1.165, 1.54) is 6.20 Å². The molecular formula is C29H27Cl2N5O4. The minimum Gasteiger partial charge on any atom is -0.496 e. The van der Waals surface area contributed by atoms with Gasteiger partial charge in [0, 0.05) is 63.3 Å². The minimum atomic E-state index is -0.598. The maximum absolute atomic E-state index is 13.7. The van der Waals surface area contributed by atoms with Gasteiger partial charge in [0.15, 0.2) is 5.69 Å². The first kappa shape index (κ1) is 27.5. The number of pyridine rings is 1. The predicted molar refractivity (Wildman–Crippen MR) is 153 cm³/mol. The number of ether oxygens (including phenoxy) is 2. The fourth-order valence-corrected chi connectivity index (χ4v) is 4.99. The zero-order chi connectivity index (χ0) is 28.9. The third kappa shape index (κ3) is 4.87. The maximum atomic E-state index is 13.7. The van der Waals surface area contributed by atoms with E-state index in [1.54, 1.807) is 60.3 Å².